The van der Waals surface area contributed by atoms with Crippen LogP contribution in [-0.2, 0) is 9.59 Å². The van der Waals surface area contributed by atoms with Gasteiger partial charge < -0.3 is 5.32 Å². The van der Waals surface area contributed by atoms with Gasteiger partial charge in [-0.05, 0) is 39.2 Å². The summed E-state index contributed by atoms with van der Waals surface area (Å²) in [5.41, 5.74) is 0. The highest BCUT2D eigenvalue weighted by molar-refractivity contribution is 6.01. The molecule has 5 nitrogen and oxygen atoms in total. The van der Waals surface area contributed by atoms with Crippen molar-refractivity contribution in [3.8, 4) is 0 Å². The highest BCUT2D eigenvalue weighted by Gasteiger charge is 2.35. The van der Waals surface area contributed by atoms with Crippen LogP contribution in [0.25, 0.3) is 0 Å². The van der Waals surface area contributed by atoms with Crippen LogP contribution >= 0.6 is 0 Å². The third-order valence-electron chi connectivity index (χ3n) is 4.28. The number of hydrogen-bond donors (Lipinski definition) is 2. The Labute approximate surface area is 115 Å². The molecule has 0 aliphatic carbocycles. The van der Waals surface area contributed by atoms with Gasteiger partial charge in [0, 0.05) is 12.1 Å². The number of nitrogens with one attached hydrogen (secondary N) is 2. The molecule has 2 amide bonds. The highest BCUT2D eigenvalue weighted by Crippen LogP contribution is 2.19. The molecule has 108 valence electrons. The van der Waals surface area contributed by atoms with Crippen molar-refractivity contribution in [3.63, 3.8) is 0 Å². The first-order valence-electron chi connectivity index (χ1n) is 7.44. The Morgan fingerprint density at radius 3 is 2.79 bits per heavy atom. The third kappa shape index (κ3) is 3.54. The van der Waals surface area contributed by atoms with E-state index in [1.54, 1.807) is 0 Å². The van der Waals surface area contributed by atoms with Gasteiger partial charge in [-0.15, -0.1) is 0 Å². The van der Waals surface area contributed by atoms with Crippen molar-refractivity contribution in [1.82, 2.24) is 15.5 Å². The van der Waals surface area contributed by atoms with Gasteiger partial charge in [-0.1, -0.05) is 13.3 Å². The van der Waals surface area contributed by atoms with Crippen LogP contribution in [0.5, 0.6) is 0 Å². The van der Waals surface area contributed by atoms with Crippen molar-refractivity contribution < 1.29 is 9.59 Å². The number of amides is 2. The van der Waals surface area contributed by atoms with E-state index in [0.717, 1.165) is 19.4 Å². The molecule has 2 heterocycles. The van der Waals surface area contributed by atoms with Crippen LogP contribution in [0, 0.1) is 0 Å². The number of nitrogens with zero attached hydrogens (tertiary/aromatic N) is 1. The van der Waals surface area contributed by atoms with E-state index < -0.39 is 0 Å². The molecule has 2 aliphatic rings. The highest BCUT2D eigenvalue weighted by atomic mass is 16.2. The van der Waals surface area contributed by atoms with Crippen molar-refractivity contribution in [2.45, 2.75) is 64.1 Å². The molecule has 2 N–H and O–H groups in total. The maximum absolute atomic E-state index is 11.9. The zero-order valence-electron chi connectivity index (χ0n) is 11.9. The quantitative estimate of drug-likeness (QED) is 0.734. The Balaban J connectivity index is 1.96. The number of imide groups is 1. The van der Waals surface area contributed by atoms with Crippen LogP contribution in [0.2, 0.25) is 0 Å². The molecule has 19 heavy (non-hydrogen) atoms. The van der Waals surface area contributed by atoms with E-state index in [1.807, 2.05) is 6.92 Å². The Morgan fingerprint density at radius 2 is 2.16 bits per heavy atom. The molecule has 3 atom stereocenters. The first-order chi connectivity index (χ1) is 9.11. The summed E-state index contributed by atoms with van der Waals surface area (Å²) in [6.07, 6.45) is 5.50. The summed E-state index contributed by atoms with van der Waals surface area (Å²) in [7, 11) is 0. The van der Waals surface area contributed by atoms with Crippen molar-refractivity contribution in [2.75, 3.05) is 13.1 Å². The van der Waals surface area contributed by atoms with Gasteiger partial charge in [-0.2, -0.15) is 0 Å². The van der Waals surface area contributed by atoms with Gasteiger partial charge in [0.25, 0.3) is 0 Å². The average Bonchev–Trinajstić information content (AvgIpc) is 2.39. The molecule has 2 rings (SSSR count). The average molecular weight is 267 g/mol. The van der Waals surface area contributed by atoms with E-state index in [4.69, 9.17) is 0 Å². The topological polar surface area (TPSA) is 61.4 Å². The van der Waals surface area contributed by atoms with Gasteiger partial charge in [0.05, 0.1) is 12.6 Å². The van der Waals surface area contributed by atoms with Crippen molar-refractivity contribution in [3.05, 3.63) is 0 Å². The van der Waals surface area contributed by atoms with Gasteiger partial charge in [0.2, 0.25) is 11.8 Å². The lowest BCUT2D eigenvalue weighted by atomic mass is 9.96. The van der Waals surface area contributed by atoms with E-state index in [0.29, 0.717) is 12.6 Å². The summed E-state index contributed by atoms with van der Waals surface area (Å²) in [6.45, 7) is 5.57. The van der Waals surface area contributed by atoms with Crippen LogP contribution in [0.4, 0.5) is 0 Å². The summed E-state index contributed by atoms with van der Waals surface area (Å²) in [5.74, 6) is -0.305. The first kappa shape index (κ1) is 14.5. The Morgan fingerprint density at radius 1 is 1.37 bits per heavy atom. The summed E-state index contributed by atoms with van der Waals surface area (Å²) in [4.78, 5) is 25.5. The largest absolute Gasteiger partial charge is 0.314 e. The molecule has 2 aliphatic heterocycles. The summed E-state index contributed by atoms with van der Waals surface area (Å²) < 4.78 is 0. The summed E-state index contributed by atoms with van der Waals surface area (Å²) >= 11 is 0. The molecule has 0 radical (unpaired) electrons. The second-order valence-electron chi connectivity index (χ2n) is 5.74. The minimum atomic E-state index is -0.168. The normalized spacial score (nSPS) is 31.1. The smallest absolute Gasteiger partial charge is 0.243 e. The molecule has 0 bridgehead atoms. The van der Waals surface area contributed by atoms with Crippen LogP contribution in [0.15, 0.2) is 0 Å². The number of piperazine rings is 1. The predicted molar refractivity (Wildman–Crippen MR) is 73.7 cm³/mol. The Bertz CT molecular complexity index is 340. The Kier molecular flexibility index (Phi) is 4.93. The maximum Gasteiger partial charge on any atom is 0.243 e. The minimum absolute atomic E-state index is 0.137. The standard InChI is InChI=1S/C14H25N3O2/c1-3-12-14(19)16-13(18)9-17(12)10(2)8-11-6-4-5-7-15-11/h10-12,15H,3-9H2,1-2H3,(H,16,18,19). The lowest BCUT2D eigenvalue weighted by Gasteiger charge is -2.39. The van der Waals surface area contributed by atoms with Crippen molar-refractivity contribution in [2.24, 2.45) is 0 Å². The Hall–Kier alpha value is -0.940. The molecule has 3 unspecified atom stereocenters. The van der Waals surface area contributed by atoms with Gasteiger partial charge in [0.1, 0.15) is 0 Å². The molecule has 0 aromatic rings. The fraction of sp³-hybridized carbons (Fsp3) is 0.857. The predicted octanol–water partition coefficient (Wildman–Crippen LogP) is 0.644. The van der Waals surface area contributed by atoms with Crippen LogP contribution in [0.3, 0.4) is 0 Å². The molecule has 0 aromatic carbocycles. The van der Waals surface area contributed by atoms with E-state index in [2.05, 4.69) is 22.5 Å². The third-order valence-corrected chi connectivity index (χ3v) is 4.28. The van der Waals surface area contributed by atoms with Gasteiger partial charge >= 0.3 is 0 Å². The lowest BCUT2D eigenvalue weighted by Crippen LogP contribution is -2.60. The fourth-order valence-electron chi connectivity index (χ4n) is 3.24. The van der Waals surface area contributed by atoms with Crippen LogP contribution in [0.1, 0.15) is 46.0 Å². The van der Waals surface area contributed by atoms with E-state index >= 15 is 0 Å². The number of hydrogen-bond acceptors (Lipinski definition) is 4. The number of carbonyl (C=O) groups is 2. The number of piperidine rings is 1. The zero-order valence-corrected chi connectivity index (χ0v) is 11.9. The SMILES string of the molecule is CCC1C(=O)NC(=O)CN1C(C)CC1CCCCN1. The molecular formula is C14H25N3O2. The zero-order chi connectivity index (χ0) is 13.8. The molecule has 2 fully saturated rings. The first-order valence-corrected chi connectivity index (χ1v) is 7.44. The van der Waals surface area contributed by atoms with Gasteiger partial charge in [-0.3, -0.25) is 19.8 Å². The fourth-order valence-corrected chi connectivity index (χ4v) is 3.24. The molecule has 0 saturated carbocycles. The van der Waals surface area contributed by atoms with E-state index in [-0.39, 0.29) is 23.9 Å². The molecule has 0 aromatic heterocycles. The van der Waals surface area contributed by atoms with Gasteiger partial charge in [0.15, 0.2) is 0 Å². The van der Waals surface area contributed by atoms with E-state index in [1.165, 1.54) is 19.3 Å². The minimum Gasteiger partial charge on any atom is -0.314 e. The van der Waals surface area contributed by atoms with Crippen molar-refractivity contribution >= 4 is 11.8 Å². The van der Waals surface area contributed by atoms with Crippen LogP contribution < -0.4 is 10.6 Å². The summed E-state index contributed by atoms with van der Waals surface area (Å²) in [6, 6.07) is 0.633. The van der Waals surface area contributed by atoms with Crippen LogP contribution in [-0.4, -0.2) is 47.9 Å². The maximum atomic E-state index is 11.9. The lowest BCUT2D eigenvalue weighted by molar-refractivity contribution is -0.141. The summed E-state index contributed by atoms with van der Waals surface area (Å²) in [5, 5.41) is 5.97. The molecule has 2 saturated heterocycles. The van der Waals surface area contributed by atoms with Gasteiger partial charge in [-0.25, -0.2) is 0 Å². The molecule has 5 heteroatoms. The van der Waals surface area contributed by atoms with E-state index in [9.17, 15) is 9.59 Å². The number of rotatable bonds is 4. The number of carbonyl (C=O) groups excluding carboxylic acids is 2. The monoisotopic (exact) mass is 267 g/mol. The molecule has 0 spiro atoms. The van der Waals surface area contributed by atoms with Crippen molar-refractivity contribution in [1.29, 1.82) is 0 Å². The second kappa shape index (κ2) is 6.48. The molecular weight excluding hydrogens is 242 g/mol. The second-order valence-corrected chi connectivity index (χ2v) is 5.74.